The summed E-state index contributed by atoms with van der Waals surface area (Å²) in [5.74, 6) is 0.996. The maximum atomic E-state index is 12.7. The zero-order valence-corrected chi connectivity index (χ0v) is 18.3. The first-order valence-electron chi connectivity index (χ1n) is 8.96. The van der Waals surface area contributed by atoms with Gasteiger partial charge in [0.2, 0.25) is 0 Å². The fourth-order valence-corrected chi connectivity index (χ4v) is 3.94. The van der Waals surface area contributed by atoms with Gasteiger partial charge in [0.25, 0.3) is 11.1 Å². The number of amides is 2. The molecule has 7 heteroatoms. The molecule has 5 nitrogen and oxygen atoms in total. The molecule has 2 aromatic carbocycles. The second-order valence-electron chi connectivity index (χ2n) is 6.28. The summed E-state index contributed by atoms with van der Waals surface area (Å²) in [6.07, 6.45) is 3.32. The van der Waals surface area contributed by atoms with Crippen LogP contribution in [0.4, 0.5) is 4.79 Å². The number of carbonyl (C=O) groups excluding carboxylic acids is 2. The summed E-state index contributed by atoms with van der Waals surface area (Å²) in [7, 11) is 0. The molecule has 1 aliphatic heterocycles. The highest BCUT2D eigenvalue weighted by Crippen LogP contribution is 2.34. The van der Waals surface area contributed by atoms with Crippen molar-refractivity contribution in [1.82, 2.24) is 4.90 Å². The van der Waals surface area contributed by atoms with Crippen LogP contribution in [0, 0.1) is 6.92 Å². The van der Waals surface area contributed by atoms with Gasteiger partial charge in [0, 0.05) is 10.0 Å². The zero-order chi connectivity index (χ0) is 20.8. The number of hydrogen-bond donors (Lipinski definition) is 0. The number of aryl methyl sites for hydroxylation is 1. The molecule has 150 valence electrons. The van der Waals surface area contributed by atoms with E-state index < -0.39 is 0 Å². The Hall–Kier alpha value is -2.51. The number of halogens is 1. The van der Waals surface area contributed by atoms with Gasteiger partial charge in [-0.3, -0.25) is 14.5 Å². The summed E-state index contributed by atoms with van der Waals surface area (Å²) in [4.78, 5) is 26.6. The number of hydrogen-bond acceptors (Lipinski definition) is 5. The van der Waals surface area contributed by atoms with Gasteiger partial charge in [-0.1, -0.05) is 40.7 Å². The zero-order valence-electron chi connectivity index (χ0n) is 15.9. The molecule has 1 fully saturated rings. The molecule has 0 unspecified atom stereocenters. The molecule has 0 spiro atoms. The van der Waals surface area contributed by atoms with Crippen LogP contribution >= 0.6 is 27.7 Å². The Balaban J connectivity index is 1.70. The summed E-state index contributed by atoms with van der Waals surface area (Å²) >= 11 is 4.34. The average Bonchev–Trinajstić information content (AvgIpc) is 2.95. The van der Waals surface area contributed by atoms with Gasteiger partial charge in [0.1, 0.15) is 24.7 Å². The fraction of sp³-hybridized carbons (Fsp3) is 0.182. The molecule has 0 aliphatic carbocycles. The Bertz CT molecular complexity index is 973. The Morgan fingerprint density at radius 1 is 1.17 bits per heavy atom. The van der Waals surface area contributed by atoms with Crippen molar-refractivity contribution in [3.8, 4) is 11.5 Å². The molecule has 0 bridgehead atoms. The van der Waals surface area contributed by atoms with Gasteiger partial charge >= 0.3 is 0 Å². The van der Waals surface area contributed by atoms with Crippen molar-refractivity contribution in [1.29, 1.82) is 0 Å². The molecule has 0 aromatic heterocycles. The monoisotopic (exact) mass is 473 g/mol. The van der Waals surface area contributed by atoms with E-state index in [-0.39, 0.29) is 24.3 Å². The minimum Gasteiger partial charge on any atom is -0.492 e. The largest absolute Gasteiger partial charge is 0.492 e. The summed E-state index contributed by atoms with van der Waals surface area (Å²) in [5, 5.41) is -0.308. The lowest BCUT2D eigenvalue weighted by Gasteiger charge is -2.13. The van der Waals surface area contributed by atoms with Crippen LogP contribution in [-0.4, -0.2) is 35.8 Å². The molecule has 2 aromatic rings. The summed E-state index contributed by atoms with van der Waals surface area (Å²) in [6, 6.07) is 13.1. The van der Waals surface area contributed by atoms with E-state index >= 15 is 0 Å². The van der Waals surface area contributed by atoms with Crippen LogP contribution in [0.5, 0.6) is 11.5 Å². The van der Waals surface area contributed by atoms with Crippen LogP contribution in [0.15, 0.2) is 64.5 Å². The Morgan fingerprint density at radius 3 is 2.76 bits per heavy atom. The number of ether oxygens (including phenoxy) is 2. The molecule has 2 amide bonds. The SMILES string of the molecule is C=CCOc1ccc(Br)cc1/C=C1\SC(=O)N(CCOc2cccc(C)c2)C1=O. The van der Waals surface area contributed by atoms with E-state index in [1.165, 1.54) is 4.90 Å². The first-order chi connectivity index (χ1) is 14.0. The van der Waals surface area contributed by atoms with Crippen molar-refractivity contribution in [2.24, 2.45) is 0 Å². The van der Waals surface area contributed by atoms with Gasteiger partial charge in [-0.25, -0.2) is 0 Å². The molecule has 3 rings (SSSR count). The molecule has 0 atom stereocenters. The second kappa shape index (κ2) is 9.80. The molecular formula is C22H20BrNO4S. The Labute approximate surface area is 182 Å². The number of rotatable bonds is 8. The van der Waals surface area contributed by atoms with Crippen LogP contribution in [0.3, 0.4) is 0 Å². The molecule has 1 saturated heterocycles. The van der Waals surface area contributed by atoms with Crippen molar-refractivity contribution in [2.45, 2.75) is 6.92 Å². The molecular weight excluding hydrogens is 454 g/mol. The highest BCUT2D eigenvalue weighted by Gasteiger charge is 2.35. The number of nitrogens with zero attached hydrogens (tertiary/aromatic N) is 1. The number of imide groups is 1. The third-order valence-corrected chi connectivity index (χ3v) is 5.46. The Kier molecular flexibility index (Phi) is 7.17. The van der Waals surface area contributed by atoms with E-state index in [0.717, 1.165) is 21.8 Å². The first kappa shape index (κ1) is 21.2. The molecule has 0 saturated carbocycles. The van der Waals surface area contributed by atoms with Crippen molar-refractivity contribution < 1.29 is 19.1 Å². The van der Waals surface area contributed by atoms with Gasteiger partial charge in [0.15, 0.2) is 0 Å². The van der Waals surface area contributed by atoms with Gasteiger partial charge in [-0.05, 0) is 60.7 Å². The number of carbonyl (C=O) groups is 2. The predicted octanol–water partition coefficient (Wildman–Crippen LogP) is 5.44. The van der Waals surface area contributed by atoms with Crippen LogP contribution in [0.1, 0.15) is 11.1 Å². The van der Waals surface area contributed by atoms with Crippen LogP contribution < -0.4 is 9.47 Å². The topological polar surface area (TPSA) is 55.8 Å². The minimum absolute atomic E-state index is 0.189. The van der Waals surface area contributed by atoms with E-state index in [0.29, 0.717) is 28.6 Å². The van der Waals surface area contributed by atoms with Crippen molar-refractivity contribution in [3.63, 3.8) is 0 Å². The lowest BCUT2D eigenvalue weighted by molar-refractivity contribution is -0.123. The molecule has 1 aliphatic rings. The standard InChI is InChI=1S/C22H20BrNO4S/c1-3-10-28-19-8-7-17(23)13-16(19)14-20-21(25)24(22(26)29-20)9-11-27-18-6-4-5-15(2)12-18/h3-8,12-14H,1,9-11H2,2H3/b20-14-. The van der Waals surface area contributed by atoms with Crippen LogP contribution in [0.25, 0.3) is 6.08 Å². The van der Waals surface area contributed by atoms with E-state index in [9.17, 15) is 9.59 Å². The van der Waals surface area contributed by atoms with Gasteiger partial charge in [0.05, 0.1) is 11.4 Å². The normalized spacial score (nSPS) is 15.1. The van der Waals surface area contributed by atoms with Gasteiger partial charge in [-0.2, -0.15) is 0 Å². The summed E-state index contributed by atoms with van der Waals surface area (Å²) < 4.78 is 12.2. The van der Waals surface area contributed by atoms with E-state index in [2.05, 4.69) is 22.5 Å². The molecule has 0 radical (unpaired) electrons. The molecule has 1 heterocycles. The highest BCUT2D eigenvalue weighted by atomic mass is 79.9. The fourth-order valence-electron chi connectivity index (χ4n) is 2.71. The summed E-state index contributed by atoms with van der Waals surface area (Å²) in [5.41, 5.74) is 1.79. The predicted molar refractivity (Wildman–Crippen MR) is 119 cm³/mol. The molecule has 29 heavy (non-hydrogen) atoms. The average molecular weight is 474 g/mol. The van der Waals surface area contributed by atoms with Crippen LogP contribution in [0.2, 0.25) is 0 Å². The van der Waals surface area contributed by atoms with E-state index in [1.807, 2.05) is 43.3 Å². The Morgan fingerprint density at radius 2 is 2.00 bits per heavy atom. The van der Waals surface area contributed by atoms with Crippen molar-refractivity contribution in [2.75, 3.05) is 19.8 Å². The number of thioether (sulfide) groups is 1. The minimum atomic E-state index is -0.331. The van der Waals surface area contributed by atoms with E-state index in [4.69, 9.17) is 9.47 Å². The first-order valence-corrected chi connectivity index (χ1v) is 10.6. The van der Waals surface area contributed by atoms with Crippen molar-refractivity contribution >= 4 is 44.9 Å². The van der Waals surface area contributed by atoms with Gasteiger partial charge in [-0.15, -0.1) is 0 Å². The molecule has 0 N–H and O–H groups in total. The van der Waals surface area contributed by atoms with Gasteiger partial charge < -0.3 is 9.47 Å². The quantitative estimate of drug-likeness (QED) is 0.377. The second-order valence-corrected chi connectivity index (χ2v) is 8.19. The van der Waals surface area contributed by atoms with E-state index in [1.54, 1.807) is 18.2 Å². The van der Waals surface area contributed by atoms with Crippen molar-refractivity contribution in [3.05, 3.63) is 75.6 Å². The summed E-state index contributed by atoms with van der Waals surface area (Å²) in [6.45, 7) is 6.39. The smallest absolute Gasteiger partial charge is 0.293 e. The lowest BCUT2D eigenvalue weighted by atomic mass is 10.2. The highest BCUT2D eigenvalue weighted by molar-refractivity contribution is 9.10. The number of benzene rings is 2. The lowest BCUT2D eigenvalue weighted by Crippen LogP contribution is -2.32. The maximum absolute atomic E-state index is 12.7. The maximum Gasteiger partial charge on any atom is 0.293 e. The third kappa shape index (κ3) is 5.52. The third-order valence-electron chi connectivity index (χ3n) is 4.06. The van der Waals surface area contributed by atoms with Crippen LogP contribution in [-0.2, 0) is 4.79 Å².